The van der Waals surface area contributed by atoms with Crippen molar-refractivity contribution in [2.75, 3.05) is 6.54 Å². The lowest BCUT2D eigenvalue weighted by atomic mass is 10.1. The van der Waals surface area contributed by atoms with Gasteiger partial charge >= 0.3 is 5.97 Å². The highest BCUT2D eigenvalue weighted by atomic mass is 16.4. The molecule has 0 bridgehead atoms. The Morgan fingerprint density at radius 2 is 2.13 bits per heavy atom. The van der Waals surface area contributed by atoms with Crippen molar-refractivity contribution >= 4 is 11.9 Å². The van der Waals surface area contributed by atoms with Gasteiger partial charge in [0.05, 0.1) is 23.9 Å². The number of para-hydroxylation sites is 1. The number of aryl methyl sites for hydroxylation is 1. The van der Waals surface area contributed by atoms with Crippen molar-refractivity contribution in [3.8, 4) is 5.69 Å². The van der Waals surface area contributed by atoms with Gasteiger partial charge in [-0.05, 0) is 31.4 Å². The summed E-state index contributed by atoms with van der Waals surface area (Å²) in [5.41, 5.74) is 2.49. The molecule has 1 aromatic carbocycles. The Hall–Kier alpha value is -2.63. The fourth-order valence-electron chi connectivity index (χ4n) is 3.07. The predicted octanol–water partition coefficient (Wildman–Crippen LogP) is 2.26. The zero-order valence-electron chi connectivity index (χ0n) is 13.0. The second-order valence-electron chi connectivity index (χ2n) is 5.85. The molecule has 1 aromatic heterocycles. The van der Waals surface area contributed by atoms with Crippen LogP contribution in [0.2, 0.25) is 0 Å². The topological polar surface area (TPSA) is 75.4 Å². The van der Waals surface area contributed by atoms with E-state index in [4.69, 9.17) is 5.11 Å². The molecule has 1 unspecified atom stereocenters. The van der Waals surface area contributed by atoms with E-state index in [1.54, 1.807) is 22.0 Å². The lowest BCUT2D eigenvalue weighted by Gasteiger charge is -2.22. The summed E-state index contributed by atoms with van der Waals surface area (Å²) in [4.78, 5) is 25.2. The number of amides is 1. The number of hydrogen-bond donors (Lipinski definition) is 1. The van der Waals surface area contributed by atoms with E-state index >= 15 is 0 Å². The second kappa shape index (κ2) is 6.24. The van der Waals surface area contributed by atoms with Crippen molar-refractivity contribution < 1.29 is 14.7 Å². The highest BCUT2D eigenvalue weighted by Crippen LogP contribution is 2.23. The molecule has 6 heteroatoms. The number of benzene rings is 1. The van der Waals surface area contributed by atoms with Crippen LogP contribution in [0.4, 0.5) is 0 Å². The number of hydrogen-bond acceptors (Lipinski definition) is 3. The smallest absolute Gasteiger partial charge is 0.305 e. The van der Waals surface area contributed by atoms with Crippen LogP contribution in [0, 0.1) is 6.92 Å². The van der Waals surface area contributed by atoms with Crippen molar-refractivity contribution in [3.05, 3.63) is 47.8 Å². The van der Waals surface area contributed by atoms with E-state index in [0.29, 0.717) is 12.1 Å². The van der Waals surface area contributed by atoms with Crippen molar-refractivity contribution in [1.82, 2.24) is 14.7 Å². The van der Waals surface area contributed by atoms with E-state index in [2.05, 4.69) is 5.10 Å². The number of likely N-dealkylation sites (tertiary alicyclic amines) is 1. The van der Waals surface area contributed by atoms with Gasteiger partial charge in [-0.2, -0.15) is 5.10 Å². The molecule has 1 fully saturated rings. The fourth-order valence-corrected chi connectivity index (χ4v) is 3.07. The second-order valence-corrected chi connectivity index (χ2v) is 5.85. The van der Waals surface area contributed by atoms with Gasteiger partial charge in [-0.1, -0.05) is 18.2 Å². The van der Waals surface area contributed by atoms with E-state index in [1.807, 2.05) is 31.2 Å². The van der Waals surface area contributed by atoms with E-state index in [0.717, 1.165) is 24.1 Å². The van der Waals surface area contributed by atoms with Crippen molar-refractivity contribution in [2.24, 2.45) is 0 Å². The summed E-state index contributed by atoms with van der Waals surface area (Å²) in [5.74, 6) is -1.01. The average Bonchev–Trinajstić information content (AvgIpc) is 3.16. The molecule has 0 spiro atoms. The van der Waals surface area contributed by atoms with Gasteiger partial charge in [0, 0.05) is 18.8 Å². The SMILES string of the molecule is Cc1ccccc1-n1cc(C(=O)N2CCCC2CC(=O)O)cn1. The van der Waals surface area contributed by atoms with Gasteiger partial charge in [0.1, 0.15) is 0 Å². The average molecular weight is 313 g/mol. The van der Waals surface area contributed by atoms with Gasteiger partial charge in [-0.25, -0.2) is 4.68 Å². The lowest BCUT2D eigenvalue weighted by Crippen LogP contribution is -2.36. The first-order chi connectivity index (χ1) is 11.1. The molecule has 1 aliphatic heterocycles. The molecule has 1 aliphatic rings. The van der Waals surface area contributed by atoms with Crippen molar-refractivity contribution in [2.45, 2.75) is 32.2 Å². The summed E-state index contributed by atoms with van der Waals surface area (Å²) in [6.45, 7) is 2.59. The zero-order chi connectivity index (χ0) is 16.4. The quantitative estimate of drug-likeness (QED) is 0.939. The van der Waals surface area contributed by atoms with E-state index < -0.39 is 5.97 Å². The standard InChI is InChI=1S/C17H19N3O3/c1-12-5-2-3-7-15(12)20-11-13(10-18-20)17(23)19-8-4-6-14(19)9-16(21)22/h2-3,5,7,10-11,14H,4,6,8-9H2,1H3,(H,21,22). The summed E-state index contributed by atoms with van der Waals surface area (Å²) >= 11 is 0. The summed E-state index contributed by atoms with van der Waals surface area (Å²) < 4.78 is 1.69. The molecular weight excluding hydrogens is 294 g/mol. The highest BCUT2D eigenvalue weighted by Gasteiger charge is 2.31. The molecule has 2 heterocycles. The van der Waals surface area contributed by atoms with Gasteiger partial charge in [0.25, 0.3) is 5.91 Å². The van der Waals surface area contributed by atoms with Gasteiger partial charge < -0.3 is 10.0 Å². The third kappa shape index (κ3) is 3.11. The third-order valence-corrected chi connectivity index (χ3v) is 4.24. The number of carbonyl (C=O) groups is 2. The van der Waals surface area contributed by atoms with Gasteiger partial charge in [-0.3, -0.25) is 9.59 Å². The summed E-state index contributed by atoms with van der Waals surface area (Å²) in [6.07, 6.45) is 4.84. The number of rotatable bonds is 4. The van der Waals surface area contributed by atoms with Crippen LogP contribution in [0.25, 0.3) is 5.69 Å². The monoisotopic (exact) mass is 313 g/mol. The molecule has 1 atom stereocenters. The van der Waals surface area contributed by atoms with Crippen LogP contribution in [0.5, 0.6) is 0 Å². The predicted molar refractivity (Wildman–Crippen MR) is 84.6 cm³/mol. The van der Waals surface area contributed by atoms with Gasteiger partial charge in [-0.15, -0.1) is 0 Å². The van der Waals surface area contributed by atoms with Crippen LogP contribution in [0.15, 0.2) is 36.7 Å². The molecule has 0 aliphatic carbocycles. The number of carbonyl (C=O) groups excluding carboxylic acids is 1. The molecule has 1 amide bonds. The summed E-state index contributed by atoms with van der Waals surface area (Å²) in [5, 5.41) is 13.3. The van der Waals surface area contributed by atoms with Crippen LogP contribution in [0.1, 0.15) is 35.2 Å². The first-order valence-electron chi connectivity index (χ1n) is 7.69. The lowest BCUT2D eigenvalue weighted by molar-refractivity contribution is -0.137. The number of carboxylic acid groups (broad SMARTS) is 1. The molecule has 0 saturated carbocycles. The van der Waals surface area contributed by atoms with Crippen LogP contribution in [-0.2, 0) is 4.79 Å². The van der Waals surface area contributed by atoms with Crippen LogP contribution >= 0.6 is 0 Å². The fraction of sp³-hybridized carbons (Fsp3) is 0.353. The van der Waals surface area contributed by atoms with E-state index in [-0.39, 0.29) is 18.4 Å². The maximum Gasteiger partial charge on any atom is 0.305 e. The zero-order valence-corrected chi connectivity index (χ0v) is 13.0. The minimum absolute atomic E-state index is 0.00231. The molecule has 2 aromatic rings. The van der Waals surface area contributed by atoms with Gasteiger partial charge in [0.15, 0.2) is 0 Å². The molecule has 3 rings (SSSR count). The minimum atomic E-state index is -0.870. The third-order valence-electron chi connectivity index (χ3n) is 4.24. The highest BCUT2D eigenvalue weighted by molar-refractivity contribution is 5.94. The molecule has 1 saturated heterocycles. The molecule has 23 heavy (non-hydrogen) atoms. The Morgan fingerprint density at radius 3 is 2.87 bits per heavy atom. The van der Waals surface area contributed by atoms with Crippen molar-refractivity contribution in [3.63, 3.8) is 0 Å². The molecule has 6 nitrogen and oxygen atoms in total. The largest absolute Gasteiger partial charge is 0.481 e. The Bertz CT molecular complexity index is 738. The number of nitrogens with zero attached hydrogens (tertiary/aromatic N) is 3. The van der Waals surface area contributed by atoms with E-state index in [9.17, 15) is 9.59 Å². The van der Waals surface area contributed by atoms with E-state index in [1.165, 1.54) is 0 Å². The Labute approximate surface area is 134 Å². The maximum atomic E-state index is 12.6. The normalized spacial score (nSPS) is 17.4. The first kappa shape index (κ1) is 15.3. The van der Waals surface area contributed by atoms with Crippen LogP contribution in [-0.4, -0.2) is 44.3 Å². The Balaban J connectivity index is 1.81. The molecule has 120 valence electrons. The molecule has 0 radical (unpaired) electrons. The number of aliphatic carboxylic acids is 1. The molecular formula is C17H19N3O3. The summed E-state index contributed by atoms with van der Waals surface area (Å²) in [7, 11) is 0. The molecule has 1 N–H and O–H groups in total. The first-order valence-corrected chi connectivity index (χ1v) is 7.69. The van der Waals surface area contributed by atoms with Crippen LogP contribution in [0.3, 0.4) is 0 Å². The number of carboxylic acids is 1. The maximum absolute atomic E-state index is 12.6. The Kier molecular flexibility index (Phi) is 4.14. The summed E-state index contributed by atoms with van der Waals surface area (Å²) in [6, 6.07) is 7.59. The Morgan fingerprint density at radius 1 is 1.35 bits per heavy atom. The minimum Gasteiger partial charge on any atom is -0.481 e. The van der Waals surface area contributed by atoms with Crippen molar-refractivity contribution in [1.29, 1.82) is 0 Å². The number of aromatic nitrogens is 2. The van der Waals surface area contributed by atoms with Crippen LogP contribution < -0.4 is 0 Å². The van der Waals surface area contributed by atoms with Gasteiger partial charge in [0.2, 0.25) is 0 Å².